The monoisotopic (exact) mass is 373 g/mol. The van der Waals surface area contributed by atoms with Crippen LogP contribution < -0.4 is 10.3 Å². The molecule has 26 heavy (non-hydrogen) atoms. The molecule has 0 aliphatic heterocycles. The Bertz CT molecular complexity index is 1140. The van der Waals surface area contributed by atoms with Gasteiger partial charge in [-0.25, -0.2) is 18.4 Å². The van der Waals surface area contributed by atoms with Crippen LogP contribution in [0, 0.1) is 0 Å². The smallest absolute Gasteiger partial charge is 0.261 e. The second kappa shape index (κ2) is 6.87. The number of pyridine rings is 1. The van der Waals surface area contributed by atoms with E-state index in [-0.39, 0.29) is 16.2 Å². The van der Waals surface area contributed by atoms with Crippen molar-refractivity contribution in [3.8, 4) is 16.9 Å². The summed E-state index contributed by atoms with van der Waals surface area (Å²) in [4.78, 5) is 20.7. The second-order valence-corrected chi connectivity index (χ2v) is 8.02. The molecular formula is C18H19N3O4S. The van der Waals surface area contributed by atoms with Gasteiger partial charge in [-0.05, 0) is 25.1 Å². The van der Waals surface area contributed by atoms with E-state index >= 15 is 0 Å². The zero-order valence-corrected chi connectivity index (χ0v) is 15.6. The number of rotatable bonds is 5. The normalized spacial score (nSPS) is 11.7. The van der Waals surface area contributed by atoms with E-state index in [0.717, 1.165) is 0 Å². The van der Waals surface area contributed by atoms with E-state index in [1.54, 1.807) is 32.3 Å². The van der Waals surface area contributed by atoms with Gasteiger partial charge in [0, 0.05) is 30.6 Å². The summed E-state index contributed by atoms with van der Waals surface area (Å²) in [5, 5.41) is 0.360. The van der Waals surface area contributed by atoms with Crippen LogP contribution in [0.3, 0.4) is 0 Å². The quantitative estimate of drug-likeness (QED) is 0.681. The summed E-state index contributed by atoms with van der Waals surface area (Å²) < 4.78 is 31.7. The number of nitrogens with zero attached hydrogens (tertiary/aromatic N) is 3. The molecule has 7 nitrogen and oxygen atoms in total. The summed E-state index contributed by atoms with van der Waals surface area (Å²) in [5.74, 6) is 0.525. The van der Waals surface area contributed by atoms with Crippen molar-refractivity contribution in [1.29, 1.82) is 0 Å². The molecule has 1 aromatic carbocycles. The molecule has 8 heteroatoms. The summed E-state index contributed by atoms with van der Waals surface area (Å²) in [6.45, 7) is 3.87. The highest BCUT2D eigenvalue weighted by Crippen LogP contribution is 2.35. The Kier molecular flexibility index (Phi) is 4.78. The molecule has 0 atom stereocenters. The lowest BCUT2D eigenvalue weighted by Crippen LogP contribution is -2.17. The van der Waals surface area contributed by atoms with E-state index in [0.29, 0.717) is 34.4 Å². The van der Waals surface area contributed by atoms with Crippen LogP contribution in [0.15, 0.2) is 46.6 Å². The molecule has 0 bridgehead atoms. The summed E-state index contributed by atoms with van der Waals surface area (Å²) >= 11 is 0. The first-order valence-corrected chi connectivity index (χ1v) is 9.83. The van der Waals surface area contributed by atoms with E-state index in [2.05, 4.69) is 9.97 Å². The van der Waals surface area contributed by atoms with E-state index in [9.17, 15) is 13.2 Å². The van der Waals surface area contributed by atoms with Crippen molar-refractivity contribution in [2.24, 2.45) is 7.05 Å². The van der Waals surface area contributed by atoms with Gasteiger partial charge in [-0.2, -0.15) is 0 Å². The molecule has 0 unspecified atom stereocenters. The van der Waals surface area contributed by atoms with Crippen LogP contribution in [0.5, 0.6) is 5.75 Å². The Morgan fingerprint density at radius 1 is 1.19 bits per heavy atom. The molecule has 136 valence electrons. The standard InChI is InChI=1S/C18H19N3O4S/c1-4-25-16-7-6-12(26(23,24)5-2)8-13(16)15-10-21(3)18(22)14-9-19-11-20-17(14)15/h6-11H,4-5H2,1-3H3. The molecule has 0 saturated heterocycles. The van der Waals surface area contributed by atoms with Crippen LogP contribution in [0.25, 0.3) is 22.0 Å². The lowest BCUT2D eigenvalue weighted by Gasteiger charge is -2.14. The maximum atomic E-state index is 12.4. The molecule has 0 aliphatic rings. The number of hydrogen-bond acceptors (Lipinski definition) is 6. The van der Waals surface area contributed by atoms with Gasteiger partial charge in [-0.15, -0.1) is 0 Å². The first-order valence-electron chi connectivity index (χ1n) is 8.18. The first-order chi connectivity index (χ1) is 12.4. The number of ether oxygens (including phenoxy) is 1. The molecular weight excluding hydrogens is 354 g/mol. The minimum atomic E-state index is -3.39. The van der Waals surface area contributed by atoms with E-state index in [1.165, 1.54) is 23.2 Å². The van der Waals surface area contributed by atoms with Crippen LogP contribution in [-0.2, 0) is 16.9 Å². The molecule has 0 N–H and O–H groups in total. The molecule has 3 rings (SSSR count). The number of hydrogen-bond donors (Lipinski definition) is 0. The van der Waals surface area contributed by atoms with Gasteiger partial charge < -0.3 is 9.30 Å². The van der Waals surface area contributed by atoms with Crippen LogP contribution in [0.4, 0.5) is 0 Å². The summed E-state index contributed by atoms with van der Waals surface area (Å²) in [6.07, 6.45) is 4.46. The molecule has 2 heterocycles. The second-order valence-electron chi connectivity index (χ2n) is 5.74. The first kappa shape index (κ1) is 18.1. The fourth-order valence-corrected chi connectivity index (χ4v) is 3.67. The third kappa shape index (κ3) is 3.08. The SMILES string of the molecule is CCOc1ccc(S(=O)(=O)CC)cc1-c1cn(C)c(=O)c2cncnc12. The van der Waals surface area contributed by atoms with Gasteiger partial charge in [0.25, 0.3) is 5.56 Å². The zero-order valence-electron chi connectivity index (χ0n) is 14.8. The molecule has 0 amide bonds. The number of benzene rings is 1. The van der Waals surface area contributed by atoms with E-state index < -0.39 is 9.84 Å². The van der Waals surface area contributed by atoms with Gasteiger partial charge in [0.15, 0.2) is 9.84 Å². The van der Waals surface area contributed by atoms with Crippen molar-refractivity contribution in [1.82, 2.24) is 14.5 Å². The lowest BCUT2D eigenvalue weighted by molar-refractivity contribution is 0.341. The number of aryl methyl sites for hydroxylation is 1. The Labute approximate surface area is 151 Å². The highest BCUT2D eigenvalue weighted by Gasteiger charge is 2.19. The fourth-order valence-electron chi connectivity index (χ4n) is 2.76. The largest absolute Gasteiger partial charge is 0.493 e. The summed E-state index contributed by atoms with van der Waals surface area (Å²) in [5.41, 5.74) is 1.41. The summed E-state index contributed by atoms with van der Waals surface area (Å²) in [6, 6.07) is 4.75. The van der Waals surface area contributed by atoms with Gasteiger partial charge in [0.05, 0.1) is 28.2 Å². The lowest BCUT2D eigenvalue weighted by atomic mass is 10.0. The highest BCUT2D eigenvalue weighted by molar-refractivity contribution is 7.91. The minimum absolute atomic E-state index is 0.00336. The summed E-state index contributed by atoms with van der Waals surface area (Å²) in [7, 11) is -1.76. The predicted octanol–water partition coefficient (Wildman–Crippen LogP) is 2.19. The zero-order chi connectivity index (χ0) is 18.9. The van der Waals surface area contributed by atoms with Crippen LogP contribution in [0.2, 0.25) is 0 Å². The third-order valence-corrected chi connectivity index (χ3v) is 5.85. The van der Waals surface area contributed by atoms with Crippen molar-refractivity contribution in [3.63, 3.8) is 0 Å². The van der Waals surface area contributed by atoms with Gasteiger partial charge in [-0.1, -0.05) is 6.92 Å². The fraction of sp³-hybridized carbons (Fsp3) is 0.278. The Morgan fingerprint density at radius 3 is 2.65 bits per heavy atom. The van der Waals surface area contributed by atoms with Crippen LogP contribution >= 0.6 is 0 Å². The topological polar surface area (TPSA) is 91.2 Å². The molecule has 0 spiro atoms. The average molecular weight is 373 g/mol. The van der Waals surface area contributed by atoms with Crippen LogP contribution in [-0.4, -0.2) is 35.3 Å². The van der Waals surface area contributed by atoms with Crippen molar-refractivity contribution < 1.29 is 13.2 Å². The molecule has 2 aromatic heterocycles. The number of sulfone groups is 1. The molecule has 0 aliphatic carbocycles. The average Bonchev–Trinajstić information content (AvgIpc) is 2.65. The molecule has 0 fully saturated rings. The molecule has 0 saturated carbocycles. The molecule has 0 radical (unpaired) electrons. The van der Waals surface area contributed by atoms with Crippen molar-refractivity contribution in [3.05, 3.63) is 47.3 Å². The minimum Gasteiger partial charge on any atom is -0.493 e. The molecule has 3 aromatic rings. The van der Waals surface area contributed by atoms with E-state index in [1.807, 2.05) is 6.92 Å². The van der Waals surface area contributed by atoms with Gasteiger partial charge >= 0.3 is 0 Å². The van der Waals surface area contributed by atoms with Crippen molar-refractivity contribution in [2.75, 3.05) is 12.4 Å². The Hall–Kier alpha value is -2.74. The van der Waals surface area contributed by atoms with Gasteiger partial charge in [0.1, 0.15) is 12.1 Å². The van der Waals surface area contributed by atoms with Crippen molar-refractivity contribution >= 4 is 20.7 Å². The Morgan fingerprint density at radius 2 is 1.96 bits per heavy atom. The maximum absolute atomic E-state index is 12.4. The number of aromatic nitrogens is 3. The van der Waals surface area contributed by atoms with Gasteiger partial charge in [-0.3, -0.25) is 4.79 Å². The maximum Gasteiger partial charge on any atom is 0.261 e. The van der Waals surface area contributed by atoms with Crippen molar-refractivity contribution in [2.45, 2.75) is 18.7 Å². The highest BCUT2D eigenvalue weighted by atomic mass is 32.2. The third-order valence-electron chi connectivity index (χ3n) is 4.12. The van der Waals surface area contributed by atoms with E-state index in [4.69, 9.17) is 4.74 Å². The van der Waals surface area contributed by atoms with Crippen LogP contribution in [0.1, 0.15) is 13.8 Å². The predicted molar refractivity (Wildman–Crippen MR) is 99.1 cm³/mol. The van der Waals surface area contributed by atoms with Gasteiger partial charge in [0.2, 0.25) is 0 Å². The Balaban J connectivity index is 2.39. The number of fused-ring (bicyclic) bond motifs is 1.